The number of thiophene rings is 1. The van der Waals surface area contributed by atoms with Gasteiger partial charge in [0.25, 0.3) is 5.56 Å². The van der Waals surface area contributed by atoms with E-state index in [2.05, 4.69) is 4.98 Å². The molecule has 2 aromatic carbocycles. The lowest BCUT2D eigenvalue weighted by atomic mass is 10.0. The third kappa shape index (κ3) is 3.45. The molecule has 152 valence electrons. The lowest BCUT2D eigenvalue weighted by Crippen LogP contribution is -2.27. The van der Waals surface area contributed by atoms with Crippen LogP contribution >= 0.6 is 11.3 Å². The number of ketones is 1. The van der Waals surface area contributed by atoms with E-state index in [1.54, 1.807) is 26.0 Å². The van der Waals surface area contributed by atoms with Crippen LogP contribution in [0, 0.1) is 32.4 Å². The van der Waals surface area contributed by atoms with Gasteiger partial charge in [-0.15, -0.1) is 11.3 Å². The van der Waals surface area contributed by atoms with Crippen molar-refractivity contribution in [2.24, 2.45) is 0 Å². The van der Waals surface area contributed by atoms with E-state index in [-0.39, 0.29) is 29.5 Å². The van der Waals surface area contributed by atoms with Crippen molar-refractivity contribution in [2.75, 3.05) is 0 Å². The quantitative estimate of drug-likeness (QED) is 0.423. The Morgan fingerprint density at radius 1 is 1.07 bits per heavy atom. The normalized spacial score (nSPS) is 11.2. The molecule has 2 heterocycles. The Kier molecular flexibility index (Phi) is 5.07. The van der Waals surface area contributed by atoms with E-state index in [9.17, 15) is 18.4 Å². The zero-order chi connectivity index (χ0) is 21.6. The summed E-state index contributed by atoms with van der Waals surface area (Å²) >= 11 is 1.39. The van der Waals surface area contributed by atoms with Crippen molar-refractivity contribution in [3.63, 3.8) is 0 Å². The van der Waals surface area contributed by atoms with Gasteiger partial charge in [0, 0.05) is 16.0 Å². The van der Waals surface area contributed by atoms with Gasteiger partial charge in [-0.25, -0.2) is 13.8 Å². The first-order chi connectivity index (χ1) is 14.3. The Balaban J connectivity index is 1.84. The van der Waals surface area contributed by atoms with Crippen molar-refractivity contribution in [3.05, 3.63) is 86.3 Å². The third-order valence-electron chi connectivity index (χ3n) is 5.09. The summed E-state index contributed by atoms with van der Waals surface area (Å²) in [4.78, 5) is 32.1. The molecule has 2 aromatic heterocycles. The van der Waals surface area contributed by atoms with Crippen LogP contribution in [0.15, 0.2) is 47.3 Å². The molecular weight excluding hydrogens is 406 g/mol. The van der Waals surface area contributed by atoms with Crippen LogP contribution in [0.25, 0.3) is 21.3 Å². The average molecular weight is 424 g/mol. The summed E-state index contributed by atoms with van der Waals surface area (Å²) in [5.41, 5.74) is 1.79. The Bertz CT molecular complexity index is 1350. The molecule has 0 spiro atoms. The lowest BCUT2D eigenvalue weighted by molar-refractivity contribution is 0.0969. The molecule has 0 radical (unpaired) electrons. The monoisotopic (exact) mass is 424 g/mol. The van der Waals surface area contributed by atoms with Gasteiger partial charge >= 0.3 is 0 Å². The molecule has 4 rings (SSSR count). The molecule has 0 N–H and O–H groups in total. The van der Waals surface area contributed by atoms with E-state index in [1.165, 1.54) is 46.2 Å². The van der Waals surface area contributed by atoms with E-state index < -0.39 is 0 Å². The van der Waals surface area contributed by atoms with Crippen molar-refractivity contribution in [1.82, 2.24) is 9.55 Å². The molecular formula is C23H18F2N2O2S. The minimum atomic E-state index is -0.388. The average Bonchev–Trinajstić information content (AvgIpc) is 3.03. The summed E-state index contributed by atoms with van der Waals surface area (Å²) < 4.78 is 28.2. The molecule has 4 aromatic rings. The van der Waals surface area contributed by atoms with Gasteiger partial charge in [0.2, 0.25) is 0 Å². The van der Waals surface area contributed by atoms with Crippen molar-refractivity contribution >= 4 is 27.3 Å². The van der Waals surface area contributed by atoms with Gasteiger partial charge in [-0.05, 0) is 62.2 Å². The maximum absolute atomic E-state index is 13.5. The Hall–Kier alpha value is -3.19. The van der Waals surface area contributed by atoms with Crippen LogP contribution in [0.5, 0.6) is 0 Å². The number of aromatic nitrogens is 2. The summed E-state index contributed by atoms with van der Waals surface area (Å²) in [6.45, 7) is 4.95. The number of hydrogen-bond donors (Lipinski definition) is 0. The number of halogens is 2. The molecule has 0 amide bonds. The van der Waals surface area contributed by atoms with Crippen LogP contribution in [-0.2, 0) is 6.54 Å². The zero-order valence-corrected chi connectivity index (χ0v) is 17.4. The molecule has 0 atom stereocenters. The minimum Gasteiger partial charge on any atom is -0.292 e. The van der Waals surface area contributed by atoms with Gasteiger partial charge in [-0.3, -0.25) is 14.2 Å². The van der Waals surface area contributed by atoms with E-state index in [4.69, 9.17) is 0 Å². The number of rotatable bonds is 4. The Labute approximate surface area is 175 Å². The second-order valence-corrected chi connectivity index (χ2v) is 8.36. The summed E-state index contributed by atoms with van der Waals surface area (Å²) in [5, 5.41) is 0.415. The molecule has 0 aliphatic heterocycles. The summed E-state index contributed by atoms with van der Waals surface area (Å²) in [6.07, 6.45) is 0. The number of benzene rings is 2. The van der Waals surface area contributed by atoms with Gasteiger partial charge in [0.05, 0.1) is 11.9 Å². The molecule has 7 heteroatoms. The number of carbonyl (C=O) groups is 1. The number of aryl methyl sites for hydroxylation is 3. The number of nitrogens with zero attached hydrogens (tertiary/aromatic N) is 2. The first-order valence-electron chi connectivity index (χ1n) is 9.32. The van der Waals surface area contributed by atoms with E-state index in [1.807, 2.05) is 6.92 Å². The minimum absolute atomic E-state index is 0.198. The maximum atomic E-state index is 13.5. The summed E-state index contributed by atoms with van der Waals surface area (Å²) in [7, 11) is 0. The highest BCUT2D eigenvalue weighted by Crippen LogP contribution is 2.35. The molecule has 0 bridgehead atoms. The van der Waals surface area contributed by atoms with E-state index in [0.717, 1.165) is 10.4 Å². The molecule has 0 saturated carbocycles. The number of Topliss-reactive ketones (excluding diaryl/α,β-unsaturated/α-hetero) is 1. The molecule has 0 aliphatic carbocycles. The largest absolute Gasteiger partial charge is 0.292 e. The molecule has 0 saturated heterocycles. The number of hydrogen-bond acceptors (Lipinski definition) is 4. The predicted octanol–water partition coefficient (Wildman–Crippen LogP) is 5.21. The van der Waals surface area contributed by atoms with E-state index in [0.29, 0.717) is 32.7 Å². The third-order valence-corrected chi connectivity index (χ3v) is 6.09. The second kappa shape index (κ2) is 7.57. The van der Waals surface area contributed by atoms with E-state index >= 15 is 0 Å². The van der Waals surface area contributed by atoms with Crippen LogP contribution in [0.3, 0.4) is 0 Å². The molecule has 0 unspecified atom stereocenters. The standard InChI is InChI=1S/C23H18F2N2O2S/c1-12-10-16(6-9-18(12)25)19(28)11-27-14(3)26-22-21(23(27)29)20(13(2)30-22)15-4-7-17(24)8-5-15/h4-10H,11H2,1-3H3. The lowest BCUT2D eigenvalue weighted by Gasteiger charge is -2.10. The van der Waals surface area contributed by atoms with Crippen LogP contribution in [0.1, 0.15) is 26.6 Å². The number of fused-ring (bicyclic) bond motifs is 1. The van der Waals surface area contributed by atoms with Crippen molar-refractivity contribution in [3.8, 4) is 11.1 Å². The van der Waals surface area contributed by atoms with Gasteiger partial charge in [0.15, 0.2) is 5.78 Å². The van der Waals surface area contributed by atoms with Crippen LogP contribution in [0.4, 0.5) is 8.78 Å². The fourth-order valence-electron chi connectivity index (χ4n) is 3.50. The Morgan fingerprint density at radius 3 is 2.43 bits per heavy atom. The van der Waals surface area contributed by atoms with Crippen molar-refractivity contribution in [1.29, 1.82) is 0 Å². The van der Waals surface area contributed by atoms with Crippen molar-refractivity contribution in [2.45, 2.75) is 27.3 Å². The van der Waals surface area contributed by atoms with Crippen LogP contribution < -0.4 is 5.56 Å². The maximum Gasteiger partial charge on any atom is 0.263 e. The van der Waals surface area contributed by atoms with Crippen LogP contribution in [0.2, 0.25) is 0 Å². The van der Waals surface area contributed by atoms with Gasteiger partial charge < -0.3 is 0 Å². The smallest absolute Gasteiger partial charge is 0.263 e. The van der Waals surface area contributed by atoms with Crippen molar-refractivity contribution < 1.29 is 13.6 Å². The van der Waals surface area contributed by atoms with Gasteiger partial charge in [-0.1, -0.05) is 12.1 Å². The second-order valence-electron chi connectivity index (χ2n) is 7.16. The predicted molar refractivity (Wildman–Crippen MR) is 114 cm³/mol. The highest BCUT2D eigenvalue weighted by molar-refractivity contribution is 7.19. The van der Waals surface area contributed by atoms with Crippen LogP contribution in [-0.4, -0.2) is 15.3 Å². The molecule has 4 nitrogen and oxygen atoms in total. The fourth-order valence-corrected chi connectivity index (χ4v) is 4.58. The summed E-state index contributed by atoms with van der Waals surface area (Å²) in [6, 6.07) is 10.1. The highest BCUT2D eigenvalue weighted by Gasteiger charge is 2.20. The topological polar surface area (TPSA) is 52.0 Å². The van der Waals surface area contributed by atoms with Gasteiger partial charge in [-0.2, -0.15) is 0 Å². The summed E-state index contributed by atoms with van der Waals surface area (Å²) in [5.74, 6) is -0.630. The fraction of sp³-hybridized carbons (Fsp3) is 0.174. The first kappa shape index (κ1) is 20.1. The molecule has 30 heavy (non-hydrogen) atoms. The Morgan fingerprint density at radius 2 is 1.77 bits per heavy atom. The highest BCUT2D eigenvalue weighted by atomic mass is 32.1. The first-order valence-corrected chi connectivity index (χ1v) is 10.1. The SMILES string of the molecule is Cc1cc(C(=O)Cn2c(C)nc3sc(C)c(-c4ccc(F)cc4)c3c2=O)ccc1F. The number of carbonyl (C=O) groups excluding carboxylic acids is 1. The molecule has 0 fully saturated rings. The van der Waals surface area contributed by atoms with Gasteiger partial charge in [0.1, 0.15) is 22.3 Å². The molecule has 0 aliphatic rings. The zero-order valence-electron chi connectivity index (χ0n) is 16.6.